The van der Waals surface area contributed by atoms with Crippen molar-refractivity contribution in [1.29, 1.82) is 0 Å². The van der Waals surface area contributed by atoms with Gasteiger partial charge in [0.05, 0.1) is 36.6 Å². The van der Waals surface area contributed by atoms with Crippen molar-refractivity contribution in [3.05, 3.63) is 72.9 Å². The molecule has 0 atom stereocenters. The molecule has 1 fully saturated rings. The van der Waals surface area contributed by atoms with Crippen LogP contribution in [0.4, 0.5) is 10.2 Å². The first-order chi connectivity index (χ1) is 18.6. The molecule has 0 bridgehead atoms. The highest BCUT2D eigenvalue weighted by Gasteiger charge is 2.25. The molecule has 5 heterocycles. The van der Waals surface area contributed by atoms with Gasteiger partial charge in [-0.3, -0.25) is 10.1 Å². The smallest absolute Gasteiger partial charge is 0.181 e. The maximum absolute atomic E-state index is 14.3. The van der Waals surface area contributed by atoms with E-state index in [1.807, 2.05) is 36.4 Å². The summed E-state index contributed by atoms with van der Waals surface area (Å²) in [4.78, 5) is 19.3. The van der Waals surface area contributed by atoms with Crippen LogP contribution in [0.1, 0.15) is 0 Å². The topological polar surface area (TPSA) is 122 Å². The zero-order valence-electron chi connectivity index (χ0n) is 20.4. The second-order valence-corrected chi connectivity index (χ2v) is 9.45. The molecule has 0 unspecified atom stereocenters. The van der Waals surface area contributed by atoms with Crippen molar-refractivity contribution in [2.24, 2.45) is 5.73 Å². The predicted molar refractivity (Wildman–Crippen MR) is 144 cm³/mol. The van der Waals surface area contributed by atoms with E-state index >= 15 is 0 Å². The minimum absolute atomic E-state index is 0.173. The number of nitrogens with two attached hydrogens (primary N) is 1. The largest absolute Gasteiger partial charge is 0.497 e. The van der Waals surface area contributed by atoms with Crippen LogP contribution in [0.2, 0.25) is 0 Å². The number of benzene rings is 2. The summed E-state index contributed by atoms with van der Waals surface area (Å²) >= 11 is 0. The van der Waals surface area contributed by atoms with E-state index in [4.69, 9.17) is 15.5 Å². The highest BCUT2D eigenvalue weighted by atomic mass is 19.1. The monoisotopic (exact) mass is 506 g/mol. The fraction of sp³-hybridized carbons (Fsp3) is 0.143. The fourth-order valence-electron chi connectivity index (χ4n) is 4.97. The molecule has 4 N–H and O–H groups in total. The van der Waals surface area contributed by atoms with Gasteiger partial charge >= 0.3 is 0 Å². The number of nitrogens with one attached hydrogen (secondary N) is 2. The molecule has 0 saturated carbocycles. The Bertz CT molecular complexity index is 1820. The number of halogens is 1. The Morgan fingerprint density at radius 1 is 1.03 bits per heavy atom. The molecule has 2 aromatic carbocycles. The Labute approximate surface area is 216 Å². The molecule has 4 aromatic heterocycles. The van der Waals surface area contributed by atoms with Gasteiger partial charge in [-0.25, -0.2) is 14.4 Å². The van der Waals surface area contributed by atoms with Crippen molar-refractivity contribution >= 4 is 27.8 Å². The highest BCUT2D eigenvalue weighted by Crippen LogP contribution is 2.36. The van der Waals surface area contributed by atoms with Crippen LogP contribution in [0.3, 0.4) is 0 Å². The average molecular weight is 507 g/mol. The van der Waals surface area contributed by atoms with Crippen LogP contribution in [0.5, 0.6) is 5.75 Å². The summed E-state index contributed by atoms with van der Waals surface area (Å²) in [6.45, 7) is 1.54. The normalized spacial score (nSPS) is 13.8. The number of aromatic nitrogens is 6. The van der Waals surface area contributed by atoms with Gasteiger partial charge in [0.2, 0.25) is 0 Å². The summed E-state index contributed by atoms with van der Waals surface area (Å²) in [7, 11) is 1.53. The Balaban J connectivity index is 1.30. The number of fused-ring (bicyclic) bond motifs is 2. The van der Waals surface area contributed by atoms with Gasteiger partial charge < -0.3 is 20.4 Å². The number of rotatable bonds is 5. The van der Waals surface area contributed by atoms with Crippen molar-refractivity contribution in [3.8, 4) is 39.5 Å². The standard InChI is InChI=1S/C28H23FN8O/c1-38-19-6-15(5-17(29)8-19)20-3-2-4-23-21(20)9-24(33-23)27-22-7-16(10-32-28(22)36-35-27)25-11-31-12-26(34-25)37-13-18(30)14-37/h2-12,18,33H,13-14,30H2,1H3,(H,32,35,36). The Morgan fingerprint density at radius 3 is 2.76 bits per heavy atom. The van der Waals surface area contributed by atoms with E-state index in [9.17, 15) is 4.39 Å². The zero-order valence-corrected chi connectivity index (χ0v) is 20.4. The number of H-pyrrole nitrogens is 2. The molecule has 9 nitrogen and oxygen atoms in total. The van der Waals surface area contributed by atoms with Gasteiger partial charge in [-0.2, -0.15) is 5.10 Å². The van der Waals surface area contributed by atoms with Gasteiger partial charge in [0.1, 0.15) is 17.4 Å². The lowest BCUT2D eigenvalue weighted by atomic mass is 10.0. The second kappa shape index (κ2) is 8.63. The molecule has 1 saturated heterocycles. The molecule has 0 amide bonds. The quantitative estimate of drug-likeness (QED) is 0.314. The first-order valence-electron chi connectivity index (χ1n) is 12.2. The molecular formula is C28H23FN8O. The van der Waals surface area contributed by atoms with E-state index in [0.29, 0.717) is 11.4 Å². The van der Waals surface area contributed by atoms with E-state index in [0.717, 1.165) is 69.0 Å². The van der Waals surface area contributed by atoms with E-state index in [1.54, 1.807) is 18.6 Å². The first kappa shape index (κ1) is 22.4. The molecule has 7 rings (SSSR count). The second-order valence-electron chi connectivity index (χ2n) is 9.45. The average Bonchev–Trinajstić information content (AvgIpc) is 3.54. The summed E-state index contributed by atoms with van der Waals surface area (Å²) in [6.07, 6.45) is 5.23. The van der Waals surface area contributed by atoms with Gasteiger partial charge in [-0.05, 0) is 41.5 Å². The van der Waals surface area contributed by atoms with Gasteiger partial charge in [-0.15, -0.1) is 0 Å². The first-order valence-corrected chi connectivity index (χ1v) is 12.2. The van der Waals surface area contributed by atoms with E-state index in [-0.39, 0.29) is 11.9 Å². The third-order valence-corrected chi connectivity index (χ3v) is 6.91. The fourth-order valence-corrected chi connectivity index (χ4v) is 4.97. The molecule has 10 heteroatoms. The van der Waals surface area contributed by atoms with E-state index < -0.39 is 0 Å². The molecule has 38 heavy (non-hydrogen) atoms. The van der Waals surface area contributed by atoms with Gasteiger partial charge in [0, 0.05) is 53.2 Å². The lowest BCUT2D eigenvalue weighted by Gasteiger charge is -2.37. The third-order valence-electron chi connectivity index (χ3n) is 6.91. The van der Waals surface area contributed by atoms with Gasteiger partial charge in [-0.1, -0.05) is 12.1 Å². The lowest BCUT2D eigenvalue weighted by molar-refractivity contribution is 0.411. The van der Waals surface area contributed by atoms with E-state index in [1.165, 1.54) is 19.2 Å². The molecule has 1 aliphatic heterocycles. The number of hydrogen-bond donors (Lipinski definition) is 3. The number of methoxy groups -OCH3 is 1. The molecule has 6 aromatic rings. The van der Waals surface area contributed by atoms with Crippen molar-refractivity contribution in [3.63, 3.8) is 0 Å². The minimum atomic E-state index is -0.352. The van der Waals surface area contributed by atoms with Crippen molar-refractivity contribution < 1.29 is 9.13 Å². The summed E-state index contributed by atoms with van der Waals surface area (Å²) in [5.41, 5.74) is 12.3. The number of anilines is 1. The van der Waals surface area contributed by atoms with Gasteiger partial charge in [0.25, 0.3) is 0 Å². The number of pyridine rings is 1. The Kier molecular flexibility index (Phi) is 5.08. The summed E-state index contributed by atoms with van der Waals surface area (Å²) in [5.74, 6) is 0.915. The van der Waals surface area contributed by atoms with Crippen molar-refractivity contribution in [1.82, 2.24) is 30.1 Å². The maximum atomic E-state index is 14.3. The van der Waals surface area contributed by atoms with Crippen LogP contribution in [0, 0.1) is 5.82 Å². The third kappa shape index (κ3) is 3.73. The minimum Gasteiger partial charge on any atom is -0.497 e. The molecule has 0 aliphatic carbocycles. The van der Waals surface area contributed by atoms with Crippen LogP contribution >= 0.6 is 0 Å². The zero-order chi connectivity index (χ0) is 25.8. The van der Waals surface area contributed by atoms with Crippen molar-refractivity contribution in [2.45, 2.75) is 6.04 Å². The van der Waals surface area contributed by atoms with Crippen LogP contribution in [0.15, 0.2) is 67.1 Å². The maximum Gasteiger partial charge on any atom is 0.181 e. The SMILES string of the molecule is COc1cc(F)cc(-c2cccc3[nH]c(-c4[nH]nc5ncc(-c6cncc(N7CC(N)C7)n6)cc45)cc23)c1. The molecule has 1 aliphatic rings. The number of hydrogen-bond acceptors (Lipinski definition) is 7. The number of nitrogens with zero attached hydrogens (tertiary/aromatic N) is 5. The highest BCUT2D eigenvalue weighted by molar-refractivity contribution is 6.01. The summed E-state index contributed by atoms with van der Waals surface area (Å²) in [6, 6.07) is 14.8. The Morgan fingerprint density at radius 2 is 1.92 bits per heavy atom. The number of ether oxygens (including phenoxy) is 1. The van der Waals surface area contributed by atoms with Gasteiger partial charge in [0.15, 0.2) is 5.65 Å². The van der Waals surface area contributed by atoms with Crippen LogP contribution in [-0.4, -0.2) is 56.4 Å². The van der Waals surface area contributed by atoms with E-state index in [2.05, 4.69) is 30.0 Å². The Hall–Kier alpha value is -4.83. The van der Waals surface area contributed by atoms with Crippen LogP contribution < -0.4 is 15.4 Å². The number of aromatic amines is 2. The van der Waals surface area contributed by atoms with Crippen LogP contribution in [-0.2, 0) is 0 Å². The molecule has 188 valence electrons. The molecule has 0 radical (unpaired) electrons. The summed E-state index contributed by atoms with van der Waals surface area (Å²) in [5, 5.41) is 9.34. The predicted octanol–water partition coefficient (Wildman–Crippen LogP) is 4.53. The molecular weight excluding hydrogens is 483 g/mol. The molecule has 0 spiro atoms. The van der Waals surface area contributed by atoms with Crippen LogP contribution in [0.25, 0.3) is 55.7 Å². The lowest BCUT2D eigenvalue weighted by Crippen LogP contribution is -2.56. The van der Waals surface area contributed by atoms with Crippen molar-refractivity contribution in [2.75, 3.05) is 25.1 Å². The summed E-state index contributed by atoms with van der Waals surface area (Å²) < 4.78 is 19.5.